The first kappa shape index (κ1) is 17.8. The first-order valence-electron chi connectivity index (χ1n) is 8.62. The van der Waals surface area contributed by atoms with Gasteiger partial charge in [-0.25, -0.2) is 4.79 Å². The van der Waals surface area contributed by atoms with Gasteiger partial charge in [0, 0.05) is 25.0 Å². The lowest BCUT2D eigenvalue weighted by Gasteiger charge is -2.51. The third-order valence-corrected chi connectivity index (χ3v) is 5.16. The van der Waals surface area contributed by atoms with Gasteiger partial charge in [-0.3, -0.25) is 0 Å². The molecule has 0 spiro atoms. The van der Waals surface area contributed by atoms with E-state index in [2.05, 4.69) is 0 Å². The van der Waals surface area contributed by atoms with Crippen molar-refractivity contribution in [1.29, 1.82) is 0 Å². The fraction of sp³-hybridized carbons (Fsp3) is 0.556. The van der Waals surface area contributed by atoms with E-state index in [1.54, 1.807) is 0 Å². The second-order valence-corrected chi connectivity index (χ2v) is 6.85. The van der Waals surface area contributed by atoms with Crippen molar-refractivity contribution in [1.82, 2.24) is 0 Å². The van der Waals surface area contributed by atoms with E-state index >= 15 is 0 Å². The van der Waals surface area contributed by atoms with Crippen LogP contribution in [-0.2, 0) is 20.8 Å². The van der Waals surface area contributed by atoms with Crippen LogP contribution in [-0.4, -0.2) is 58.8 Å². The molecule has 2 aliphatic rings. The van der Waals surface area contributed by atoms with Crippen molar-refractivity contribution >= 4 is 12.1 Å². The number of rotatable bonds is 8. The van der Waals surface area contributed by atoms with Crippen LogP contribution in [0.15, 0.2) is 30.3 Å². The van der Waals surface area contributed by atoms with Crippen LogP contribution >= 0.6 is 0 Å². The minimum absolute atomic E-state index is 0.101. The highest BCUT2D eigenvalue weighted by atomic mass is 16.6. The summed E-state index contributed by atoms with van der Waals surface area (Å²) in [4.78, 5) is 22.7. The number of hydrogen-bond donors (Lipinski definition) is 2. The van der Waals surface area contributed by atoms with Crippen molar-refractivity contribution in [3.8, 4) is 0 Å². The number of amides is 1. The van der Waals surface area contributed by atoms with E-state index in [0.29, 0.717) is 23.6 Å². The van der Waals surface area contributed by atoms with Gasteiger partial charge in [0.05, 0.1) is 13.2 Å². The van der Waals surface area contributed by atoms with E-state index < -0.39 is 12.1 Å². The van der Waals surface area contributed by atoms with Crippen molar-refractivity contribution in [2.75, 3.05) is 19.8 Å². The molecule has 2 fully saturated rings. The highest BCUT2D eigenvalue weighted by Gasteiger charge is 2.60. The van der Waals surface area contributed by atoms with Crippen LogP contribution in [0, 0.1) is 5.92 Å². The molecule has 3 rings (SSSR count). The average molecular weight is 350 g/mol. The van der Waals surface area contributed by atoms with Gasteiger partial charge >= 0.3 is 12.1 Å². The number of hydrogen-bond acceptors (Lipinski definition) is 5. The number of quaternary nitrogens is 1. The van der Waals surface area contributed by atoms with E-state index in [0.717, 1.165) is 31.4 Å². The van der Waals surface area contributed by atoms with Gasteiger partial charge in [-0.1, -0.05) is 30.3 Å². The normalized spacial score (nSPS) is 29.2. The standard InChI is InChI=1S/C18H23NO6/c20-15(17(21)22)12-24-9-7-13-6-8-19(16(10-13)25-18(19)23)11-14-4-2-1-3-5-14/h1-5,13,15-16,20H,6-12H2/p+1/t13?,15-,16?,19?/m1/s1. The predicted octanol–water partition coefficient (Wildman–Crippen LogP) is 1.74. The monoisotopic (exact) mass is 350 g/mol. The summed E-state index contributed by atoms with van der Waals surface area (Å²) in [5.41, 5.74) is 1.13. The maximum absolute atomic E-state index is 12.1. The fourth-order valence-corrected chi connectivity index (χ4v) is 3.62. The molecule has 4 atom stereocenters. The Balaban J connectivity index is 1.48. The number of aliphatic hydroxyl groups is 1. The molecule has 0 saturated carbocycles. The molecule has 2 heterocycles. The molecule has 7 heteroatoms. The topological polar surface area (TPSA) is 93.1 Å². The molecule has 1 aromatic rings. The number of carbonyl (C=O) groups excluding carboxylic acids is 1. The highest BCUT2D eigenvalue weighted by molar-refractivity contribution is 5.71. The highest BCUT2D eigenvalue weighted by Crippen LogP contribution is 2.41. The number of benzene rings is 1. The Morgan fingerprint density at radius 1 is 1.36 bits per heavy atom. The van der Waals surface area contributed by atoms with Crippen molar-refractivity contribution in [2.45, 2.75) is 38.1 Å². The molecule has 3 unspecified atom stereocenters. The zero-order valence-electron chi connectivity index (χ0n) is 14.0. The maximum Gasteiger partial charge on any atom is 0.523 e. The number of piperidine rings is 1. The van der Waals surface area contributed by atoms with Gasteiger partial charge < -0.3 is 19.7 Å². The summed E-state index contributed by atoms with van der Waals surface area (Å²) in [7, 11) is 0. The molecule has 0 aromatic heterocycles. The Bertz CT molecular complexity index is 621. The molecule has 136 valence electrons. The lowest BCUT2D eigenvalue weighted by atomic mass is 9.89. The molecule has 1 aromatic carbocycles. The van der Waals surface area contributed by atoms with Gasteiger partial charge in [-0.2, -0.15) is 9.28 Å². The van der Waals surface area contributed by atoms with Crippen molar-refractivity contribution in [2.24, 2.45) is 5.92 Å². The molecule has 2 N–H and O–H groups in total. The molecule has 0 bridgehead atoms. The van der Waals surface area contributed by atoms with Crippen molar-refractivity contribution < 1.29 is 33.8 Å². The third kappa shape index (κ3) is 3.84. The summed E-state index contributed by atoms with van der Waals surface area (Å²) >= 11 is 0. The Kier molecular flexibility index (Phi) is 5.36. The number of carboxylic acids is 1. The van der Waals surface area contributed by atoms with Crippen LogP contribution in [0.5, 0.6) is 0 Å². The van der Waals surface area contributed by atoms with Gasteiger partial charge in [0.25, 0.3) is 6.23 Å². The van der Waals surface area contributed by atoms with Gasteiger partial charge in [-0.15, -0.1) is 0 Å². The van der Waals surface area contributed by atoms with Crippen LogP contribution in [0.4, 0.5) is 4.79 Å². The number of ether oxygens (including phenoxy) is 2. The quantitative estimate of drug-likeness (QED) is 0.548. The van der Waals surface area contributed by atoms with Crippen LogP contribution in [0.1, 0.15) is 24.8 Å². The SMILES string of the molecule is O=C(O)[C@H](O)COCCC1CC[N+]2(Cc3ccccc3)C(=O)OC2C1. The molecular weight excluding hydrogens is 326 g/mol. The summed E-state index contributed by atoms with van der Waals surface area (Å²) in [6.07, 6.45) is 0.747. The van der Waals surface area contributed by atoms with E-state index in [-0.39, 0.29) is 18.9 Å². The van der Waals surface area contributed by atoms with Crippen LogP contribution < -0.4 is 0 Å². The predicted molar refractivity (Wildman–Crippen MR) is 87.3 cm³/mol. The zero-order chi connectivity index (χ0) is 17.9. The van der Waals surface area contributed by atoms with Crippen LogP contribution in [0.25, 0.3) is 0 Å². The minimum atomic E-state index is -1.48. The summed E-state index contributed by atoms with van der Waals surface area (Å²) in [5, 5.41) is 17.8. The van der Waals surface area contributed by atoms with Crippen LogP contribution in [0.3, 0.4) is 0 Å². The Hall–Kier alpha value is -1.96. The number of carboxylic acid groups (broad SMARTS) is 1. The molecule has 2 aliphatic heterocycles. The molecular formula is C18H24NO6+. The van der Waals surface area contributed by atoms with Gasteiger partial charge in [0.15, 0.2) is 6.10 Å². The first-order chi connectivity index (χ1) is 12.0. The molecule has 0 aliphatic carbocycles. The largest absolute Gasteiger partial charge is 0.523 e. The van der Waals surface area contributed by atoms with Crippen molar-refractivity contribution in [3.63, 3.8) is 0 Å². The summed E-state index contributed by atoms with van der Waals surface area (Å²) in [6, 6.07) is 9.97. The van der Waals surface area contributed by atoms with Crippen molar-refractivity contribution in [3.05, 3.63) is 35.9 Å². The number of nitrogens with zero attached hydrogens (tertiary/aromatic N) is 1. The van der Waals surface area contributed by atoms with E-state index in [1.807, 2.05) is 30.3 Å². The minimum Gasteiger partial charge on any atom is -0.479 e. The molecule has 1 amide bonds. The number of aliphatic carboxylic acids is 1. The van der Waals surface area contributed by atoms with Gasteiger partial charge in [0.1, 0.15) is 6.54 Å². The number of aliphatic hydroxyl groups excluding tert-OH is 1. The third-order valence-electron chi connectivity index (χ3n) is 5.16. The van der Waals surface area contributed by atoms with Gasteiger partial charge in [-0.05, 0) is 12.3 Å². The summed E-state index contributed by atoms with van der Waals surface area (Å²) in [6.45, 7) is 1.61. The first-order valence-corrected chi connectivity index (χ1v) is 8.62. The second kappa shape index (κ2) is 7.51. The van der Waals surface area contributed by atoms with E-state index in [4.69, 9.17) is 19.7 Å². The Labute approximate surface area is 146 Å². The molecule has 0 radical (unpaired) electrons. The number of fused-ring (bicyclic) bond motifs is 1. The zero-order valence-corrected chi connectivity index (χ0v) is 14.0. The van der Waals surface area contributed by atoms with E-state index in [1.165, 1.54) is 0 Å². The molecule has 7 nitrogen and oxygen atoms in total. The van der Waals surface area contributed by atoms with E-state index in [9.17, 15) is 9.59 Å². The maximum atomic E-state index is 12.1. The molecule has 25 heavy (non-hydrogen) atoms. The Morgan fingerprint density at radius 2 is 2.12 bits per heavy atom. The summed E-state index contributed by atoms with van der Waals surface area (Å²) in [5.74, 6) is -0.899. The molecule has 2 saturated heterocycles. The second-order valence-electron chi connectivity index (χ2n) is 6.85. The average Bonchev–Trinajstić information content (AvgIpc) is 2.61. The van der Waals surface area contributed by atoms with Gasteiger partial charge in [0.2, 0.25) is 0 Å². The fourth-order valence-electron chi connectivity index (χ4n) is 3.62. The smallest absolute Gasteiger partial charge is 0.479 e. The lowest BCUT2D eigenvalue weighted by Crippen LogP contribution is -2.72. The Morgan fingerprint density at radius 3 is 2.76 bits per heavy atom. The number of carbonyl (C=O) groups is 2. The lowest BCUT2D eigenvalue weighted by molar-refractivity contribution is -0.968. The van der Waals surface area contributed by atoms with Crippen LogP contribution in [0.2, 0.25) is 0 Å². The summed E-state index contributed by atoms with van der Waals surface area (Å²) < 4.78 is 11.0.